The third-order valence-electron chi connectivity index (χ3n) is 7.40. The molecule has 0 aromatic rings. The molecule has 0 aliphatic heterocycles. The summed E-state index contributed by atoms with van der Waals surface area (Å²) in [6, 6.07) is 0. The van der Waals surface area contributed by atoms with Crippen LogP contribution in [0, 0.1) is 17.8 Å². The fourth-order valence-corrected chi connectivity index (χ4v) is 5.69. The summed E-state index contributed by atoms with van der Waals surface area (Å²) in [4.78, 5) is 23.8. The molecular formula is C25H40O4. The van der Waals surface area contributed by atoms with Crippen molar-refractivity contribution in [3.63, 3.8) is 0 Å². The van der Waals surface area contributed by atoms with Gasteiger partial charge in [0.05, 0.1) is 6.61 Å². The highest BCUT2D eigenvalue weighted by Crippen LogP contribution is 2.38. The van der Waals surface area contributed by atoms with Gasteiger partial charge in [0.1, 0.15) is 6.10 Å². The minimum Gasteiger partial charge on any atom is -0.463 e. The molecule has 3 rings (SSSR count). The molecule has 0 spiro atoms. The van der Waals surface area contributed by atoms with Crippen LogP contribution in [0.25, 0.3) is 0 Å². The summed E-state index contributed by atoms with van der Waals surface area (Å²) in [5.74, 6) is 1.68. The van der Waals surface area contributed by atoms with Gasteiger partial charge in [-0.2, -0.15) is 0 Å². The molecule has 0 unspecified atom stereocenters. The SMILES string of the molecule is O=C(/C=C/C(=O)OC1CCC(C2CCCCC2)CC1)OCCCC1CCCCC1. The minimum absolute atomic E-state index is 0.0125. The van der Waals surface area contributed by atoms with Crippen LogP contribution in [0.2, 0.25) is 0 Å². The highest BCUT2D eigenvalue weighted by atomic mass is 16.5. The van der Waals surface area contributed by atoms with Crippen LogP contribution in [-0.4, -0.2) is 24.6 Å². The summed E-state index contributed by atoms with van der Waals surface area (Å²) in [6.45, 7) is 0.444. The predicted molar refractivity (Wildman–Crippen MR) is 114 cm³/mol. The summed E-state index contributed by atoms with van der Waals surface area (Å²) in [5, 5.41) is 0. The van der Waals surface area contributed by atoms with E-state index in [1.165, 1.54) is 89.2 Å². The van der Waals surface area contributed by atoms with Gasteiger partial charge in [-0.3, -0.25) is 0 Å². The maximum atomic E-state index is 12.0. The van der Waals surface area contributed by atoms with E-state index in [0.717, 1.165) is 43.4 Å². The molecule has 29 heavy (non-hydrogen) atoms. The van der Waals surface area contributed by atoms with Gasteiger partial charge in [-0.25, -0.2) is 9.59 Å². The van der Waals surface area contributed by atoms with Crippen molar-refractivity contribution in [3.8, 4) is 0 Å². The molecule has 164 valence electrons. The molecule has 0 radical (unpaired) electrons. The lowest BCUT2D eigenvalue weighted by Crippen LogP contribution is -2.28. The monoisotopic (exact) mass is 404 g/mol. The second kappa shape index (κ2) is 12.4. The van der Waals surface area contributed by atoms with Gasteiger partial charge in [0.15, 0.2) is 0 Å². The first-order valence-corrected chi connectivity index (χ1v) is 12.3. The van der Waals surface area contributed by atoms with Gasteiger partial charge < -0.3 is 9.47 Å². The van der Waals surface area contributed by atoms with Gasteiger partial charge in [0.25, 0.3) is 0 Å². The first-order valence-electron chi connectivity index (χ1n) is 12.3. The van der Waals surface area contributed by atoms with Gasteiger partial charge in [0.2, 0.25) is 0 Å². The van der Waals surface area contributed by atoms with E-state index in [-0.39, 0.29) is 6.10 Å². The summed E-state index contributed by atoms with van der Waals surface area (Å²) in [6.07, 6.45) is 22.5. The van der Waals surface area contributed by atoms with E-state index in [9.17, 15) is 9.59 Å². The molecule has 0 N–H and O–H groups in total. The van der Waals surface area contributed by atoms with Gasteiger partial charge in [-0.1, -0.05) is 64.2 Å². The first kappa shape index (κ1) is 22.4. The van der Waals surface area contributed by atoms with Crippen molar-refractivity contribution in [2.45, 2.75) is 109 Å². The molecule has 4 heteroatoms. The van der Waals surface area contributed by atoms with Gasteiger partial charge in [-0.15, -0.1) is 0 Å². The highest BCUT2D eigenvalue weighted by Gasteiger charge is 2.29. The lowest BCUT2D eigenvalue weighted by molar-refractivity contribution is -0.146. The predicted octanol–water partition coefficient (Wildman–Crippen LogP) is 6.13. The second-order valence-corrected chi connectivity index (χ2v) is 9.52. The lowest BCUT2D eigenvalue weighted by Gasteiger charge is -2.35. The van der Waals surface area contributed by atoms with Crippen LogP contribution in [0.4, 0.5) is 0 Å². The van der Waals surface area contributed by atoms with Crippen LogP contribution in [-0.2, 0) is 19.1 Å². The Morgan fingerprint density at radius 1 is 0.690 bits per heavy atom. The molecule has 0 aromatic heterocycles. The maximum absolute atomic E-state index is 12.0. The van der Waals surface area contributed by atoms with E-state index in [0.29, 0.717) is 6.61 Å². The Morgan fingerprint density at radius 3 is 1.97 bits per heavy atom. The van der Waals surface area contributed by atoms with E-state index in [2.05, 4.69) is 0 Å². The van der Waals surface area contributed by atoms with Gasteiger partial charge >= 0.3 is 11.9 Å². The van der Waals surface area contributed by atoms with Crippen LogP contribution in [0.5, 0.6) is 0 Å². The van der Waals surface area contributed by atoms with Crippen molar-refractivity contribution >= 4 is 11.9 Å². The normalized spacial score (nSPS) is 27.0. The number of carbonyl (C=O) groups is 2. The molecule has 3 aliphatic carbocycles. The Bertz CT molecular complexity index is 521. The summed E-state index contributed by atoms with van der Waals surface area (Å²) in [5.41, 5.74) is 0. The Balaban J connectivity index is 1.25. The average Bonchev–Trinajstić information content (AvgIpc) is 2.77. The smallest absolute Gasteiger partial charge is 0.331 e. The lowest BCUT2D eigenvalue weighted by atomic mass is 9.73. The van der Waals surface area contributed by atoms with Crippen molar-refractivity contribution in [1.29, 1.82) is 0 Å². The fourth-order valence-electron chi connectivity index (χ4n) is 5.69. The summed E-state index contributed by atoms with van der Waals surface area (Å²) in [7, 11) is 0. The highest BCUT2D eigenvalue weighted by molar-refractivity contribution is 5.91. The number of hydrogen-bond acceptors (Lipinski definition) is 4. The fraction of sp³-hybridized carbons (Fsp3) is 0.840. The van der Waals surface area contributed by atoms with E-state index >= 15 is 0 Å². The maximum Gasteiger partial charge on any atom is 0.331 e. The Labute approximate surface area is 176 Å². The van der Waals surface area contributed by atoms with E-state index in [1.54, 1.807) is 0 Å². The summed E-state index contributed by atoms with van der Waals surface area (Å²) < 4.78 is 10.8. The molecule has 0 saturated heterocycles. The van der Waals surface area contributed by atoms with E-state index < -0.39 is 11.9 Å². The van der Waals surface area contributed by atoms with E-state index in [1.807, 2.05) is 0 Å². The molecule has 0 amide bonds. The van der Waals surface area contributed by atoms with Crippen molar-refractivity contribution in [2.75, 3.05) is 6.61 Å². The molecule has 0 aromatic carbocycles. The third-order valence-corrected chi connectivity index (χ3v) is 7.40. The number of ether oxygens (including phenoxy) is 2. The van der Waals surface area contributed by atoms with Crippen molar-refractivity contribution in [2.24, 2.45) is 17.8 Å². The molecule has 0 atom stereocenters. The molecule has 4 nitrogen and oxygen atoms in total. The number of hydrogen-bond donors (Lipinski definition) is 0. The average molecular weight is 405 g/mol. The standard InChI is InChI=1S/C25H40O4/c26-24(28-19-7-10-20-8-3-1-4-9-20)17-18-25(27)29-23-15-13-22(14-16-23)21-11-5-2-6-12-21/h17-18,20-23H,1-16,19H2/b18-17+. The molecule has 3 fully saturated rings. The summed E-state index contributed by atoms with van der Waals surface area (Å²) >= 11 is 0. The number of carbonyl (C=O) groups excluding carboxylic acids is 2. The van der Waals surface area contributed by atoms with Crippen LogP contribution < -0.4 is 0 Å². The van der Waals surface area contributed by atoms with Crippen molar-refractivity contribution in [3.05, 3.63) is 12.2 Å². The zero-order valence-corrected chi connectivity index (χ0v) is 18.1. The molecule has 3 aliphatic rings. The quantitative estimate of drug-likeness (QED) is 0.277. The third kappa shape index (κ3) is 8.14. The number of rotatable bonds is 8. The van der Waals surface area contributed by atoms with Crippen LogP contribution >= 0.6 is 0 Å². The Kier molecular flexibility index (Phi) is 9.56. The number of esters is 2. The van der Waals surface area contributed by atoms with Gasteiger partial charge in [-0.05, 0) is 56.3 Å². The largest absolute Gasteiger partial charge is 0.463 e. The van der Waals surface area contributed by atoms with Crippen LogP contribution in [0.3, 0.4) is 0 Å². The topological polar surface area (TPSA) is 52.6 Å². The Hall–Kier alpha value is -1.32. The molecule has 3 saturated carbocycles. The van der Waals surface area contributed by atoms with E-state index in [4.69, 9.17) is 9.47 Å². The second-order valence-electron chi connectivity index (χ2n) is 9.52. The van der Waals surface area contributed by atoms with Crippen LogP contribution in [0.1, 0.15) is 103 Å². The van der Waals surface area contributed by atoms with Crippen LogP contribution in [0.15, 0.2) is 12.2 Å². The zero-order valence-electron chi connectivity index (χ0n) is 18.1. The van der Waals surface area contributed by atoms with Crippen molar-refractivity contribution < 1.29 is 19.1 Å². The Morgan fingerprint density at radius 2 is 1.28 bits per heavy atom. The first-order chi connectivity index (χ1) is 14.2. The molecule has 0 bridgehead atoms. The molecular weight excluding hydrogens is 364 g/mol. The van der Waals surface area contributed by atoms with Crippen molar-refractivity contribution in [1.82, 2.24) is 0 Å². The minimum atomic E-state index is -0.438. The zero-order chi connectivity index (χ0) is 20.3. The van der Waals surface area contributed by atoms with Gasteiger partial charge in [0, 0.05) is 12.2 Å². The molecule has 0 heterocycles.